The predicted molar refractivity (Wildman–Crippen MR) is 83.1 cm³/mol. The van der Waals surface area contributed by atoms with Gasteiger partial charge in [0, 0.05) is 0 Å². The minimum absolute atomic E-state index is 0.861. The summed E-state index contributed by atoms with van der Waals surface area (Å²) in [6, 6.07) is 8.42. The first-order valence-corrected chi connectivity index (χ1v) is 7.23. The van der Waals surface area contributed by atoms with E-state index >= 15 is 0 Å². The minimum atomic E-state index is 0.861. The molecule has 0 bridgehead atoms. The maximum Gasteiger partial charge on any atom is 0.143 e. The Labute approximate surface area is 117 Å². The average Bonchev–Trinajstić information content (AvgIpc) is 2.46. The van der Waals surface area contributed by atoms with E-state index in [9.17, 15) is 4.79 Å². The molecule has 1 aromatic rings. The van der Waals surface area contributed by atoms with Gasteiger partial charge in [-0.25, -0.2) is 0 Å². The molecule has 0 amide bonds. The van der Waals surface area contributed by atoms with Crippen LogP contribution in [0.25, 0.3) is 5.57 Å². The maximum atomic E-state index is 10.7. The number of hydrogen-bond acceptors (Lipinski definition) is 1. The molecule has 1 nitrogen and oxygen atoms in total. The fraction of sp³-hybridized carbons (Fsp3) is 0.389. The highest BCUT2D eigenvalue weighted by Crippen LogP contribution is 2.17. The third-order valence-electron chi connectivity index (χ3n) is 3.21. The van der Waals surface area contributed by atoms with Gasteiger partial charge in [0.05, 0.1) is 0 Å². The number of carbonyl (C=O) groups is 1. The molecule has 0 heterocycles. The van der Waals surface area contributed by atoms with Crippen LogP contribution in [0, 0.1) is 0 Å². The van der Waals surface area contributed by atoms with Gasteiger partial charge in [0.25, 0.3) is 0 Å². The Morgan fingerprint density at radius 2 is 1.84 bits per heavy atom. The normalized spacial score (nSPS) is 12.0. The monoisotopic (exact) mass is 256 g/mol. The van der Waals surface area contributed by atoms with Crippen LogP contribution in [0.2, 0.25) is 0 Å². The zero-order valence-electron chi connectivity index (χ0n) is 12.1. The van der Waals surface area contributed by atoms with Crippen LogP contribution in [-0.2, 0) is 11.2 Å². The molecule has 0 radical (unpaired) electrons. The van der Waals surface area contributed by atoms with Crippen LogP contribution in [0.5, 0.6) is 0 Å². The van der Waals surface area contributed by atoms with Crippen molar-refractivity contribution in [3.63, 3.8) is 0 Å². The van der Waals surface area contributed by atoms with Gasteiger partial charge in [0.1, 0.15) is 6.29 Å². The van der Waals surface area contributed by atoms with E-state index in [4.69, 9.17) is 0 Å². The lowest BCUT2D eigenvalue weighted by Gasteiger charge is -2.03. The Kier molecular flexibility index (Phi) is 7.57. The highest BCUT2D eigenvalue weighted by molar-refractivity contribution is 5.86. The minimum Gasteiger partial charge on any atom is -0.299 e. The predicted octanol–water partition coefficient (Wildman–Crippen LogP) is 4.97. The van der Waals surface area contributed by atoms with Gasteiger partial charge in [0.15, 0.2) is 0 Å². The highest BCUT2D eigenvalue weighted by Gasteiger charge is 1.97. The molecule has 0 spiro atoms. The third-order valence-corrected chi connectivity index (χ3v) is 3.21. The van der Waals surface area contributed by atoms with Crippen molar-refractivity contribution in [1.29, 1.82) is 0 Å². The highest BCUT2D eigenvalue weighted by atomic mass is 16.1. The molecule has 0 aliphatic rings. The lowest BCUT2D eigenvalue weighted by Crippen LogP contribution is -1.85. The van der Waals surface area contributed by atoms with Crippen molar-refractivity contribution in [2.75, 3.05) is 0 Å². The topological polar surface area (TPSA) is 17.1 Å². The van der Waals surface area contributed by atoms with Gasteiger partial charge in [0.2, 0.25) is 0 Å². The van der Waals surface area contributed by atoms with E-state index in [1.165, 1.54) is 24.8 Å². The van der Waals surface area contributed by atoms with E-state index in [2.05, 4.69) is 50.3 Å². The number of unbranched alkanes of at least 4 members (excludes halogenated alkanes) is 3. The molecule has 1 aromatic carbocycles. The van der Waals surface area contributed by atoms with Crippen molar-refractivity contribution in [2.45, 2.75) is 46.0 Å². The summed E-state index contributed by atoms with van der Waals surface area (Å²) in [6.45, 7) is 4.35. The Morgan fingerprint density at radius 3 is 2.42 bits per heavy atom. The summed E-state index contributed by atoms with van der Waals surface area (Å²) >= 11 is 0. The zero-order chi connectivity index (χ0) is 13.9. The van der Waals surface area contributed by atoms with Gasteiger partial charge < -0.3 is 0 Å². The molecule has 0 unspecified atom stereocenters. The molecule has 19 heavy (non-hydrogen) atoms. The summed E-state index contributed by atoms with van der Waals surface area (Å²) in [4.78, 5) is 10.7. The third kappa shape index (κ3) is 5.69. The van der Waals surface area contributed by atoms with Crippen LogP contribution in [0.4, 0.5) is 0 Å². The van der Waals surface area contributed by atoms with Crippen molar-refractivity contribution in [3.8, 4) is 0 Å². The molecule has 0 aliphatic heterocycles. The molecule has 0 saturated carbocycles. The fourth-order valence-electron chi connectivity index (χ4n) is 1.98. The summed E-state index contributed by atoms with van der Waals surface area (Å²) in [5.41, 5.74) is 3.42. The lowest BCUT2D eigenvalue weighted by atomic mass is 10.0. The Hall–Kier alpha value is -1.63. The smallest absolute Gasteiger partial charge is 0.143 e. The first kappa shape index (κ1) is 15.4. The summed E-state index contributed by atoms with van der Waals surface area (Å²) in [6.07, 6.45) is 12.6. The molecular formula is C18H24O. The zero-order valence-corrected chi connectivity index (χ0v) is 12.1. The van der Waals surface area contributed by atoms with E-state index in [-0.39, 0.29) is 0 Å². The molecule has 0 N–H and O–H groups in total. The number of benzene rings is 1. The number of aryl methyl sites for hydroxylation is 1. The number of carbonyl (C=O) groups excluding carboxylic acids is 1. The molecule has 0 saturated heterocycles. The van der Waals surface area contributed by atoms with Crippen molar-refractivity contribution >= 4 is 11.9 Å². The van der Waals surface area contributed by atoms with Crippen LogP contribution in [-0.4, -0.2) is 6.29 Å². The molecule has 0 aromatic heterocycles. The molecule has 102 valence electrons. The van der Waals surface area contributed by atoms with E-state index in [1.807, 2.05) is 0 Å². The Bertz CT molecular complexity index is 424. The number of aldehydes is 1. The summed E-state index contributed by atoms with van der Waals surface area (Å²) in [5, 5.41) is 0. The lowest BCUT2D eigenvalue weighted by molar-refractivity contribution is -0.104. The van der Waals surface area contributed by atoms with Crippen molar-refractivity contribution in [3.05, 3.63) is 53.6 Å². The molecule has 1 rings (SSSR count). The van der Waals surface area contributed by atoms with Crippen molar-refractivity contribution < 1.29 is 4.79 Å². The molecule has 0 aliphatic carbocycles. The van der Waals surface area contributed by atoms with Crippen LogP contribution >= 0.6 is 0 Å². The number of allylic oxidation sites excluding steroid dienone is 4. The van der Waals surface area contributed by atoms with E-state index in [0.29, 0.717) is 0 Å². The molecule has 0 atom stereocenters. The van der Waals surface area contributed by atoms with Gasteiger partial charge in [-0.1, -0.05) is 63.1 Å². The standard InChI is InChI=1S/C18H24O/c1-3-5-6-7-8-9-17(14-15-19)18-12-10-16(4-2)11-13-18/h8-15H,3-7H2,1-2H3/b9-8+,17-14-. The fourth-order valence-corrected chi connectivity index (χ4v) is 1.98. The first-order chi connectivity index (χ1) is 9.31. The van der Waals surface area contributed by atoms with E-state index in [1.54, 1.807) is 6.08 Å². The van der Waals surface area contributed by atoms with Crippen LogP contribution in [0.3, 0.4) is 0 Å². The SMILES string of the molecule is CCCCC/C=C/C(=C/C=O)c1ccc(CC)cc1. The van der Waals surface area contributed by atoms with E-state index < -0.39 is 0 Å². The average molecular weight is 256 g/mol. The van der Waals surface area contributed by atoms with Gasteiger partial charge in [-0.05, 0) is 42.0 Å². The van der Waals surface area contributed by atoms with Crippen molar-refractivity contribution in [1.82, 2.24) is 0 Å². The molecule has 1 heteroatoms. The Morgan fingerprint density at radius 1 is 1.11 bits per heavy atom. The molecule has 0 fully saturated rings. The van der Waals surface area contributed by atoms with Crippen molar-refractivity contribution in [2.24, 2.45) is 0 Å². The number of hydrogen-bond donors (Lipinski definition) is 0. The largest absolute Gasteiger partial charge is 0.299 e. The summed E-state index contributed by atoms with van der Waals surface area (Å²) in [7, 11) is 0. The van der Waals surface area contributed by atoms with Gasteiger partial charge in [-0.2, -0.15) is 0 Å². The maximum absolute atomic E-state index is 10.7. The summed E-state index contributed by atoms with van der Waals surface area (Å²) in [5.74, 6) is 0. The quantitative estimate of drug-likeness (QED) is 0.278. The van der Waals surface area contributed by atoms with Crippen LogP contribution in [0.15, 0.2) is 42.5 Å². The van der Waals surface area contributed by atoms with Gasteiger partial charge in [-0.3, -0.25) is 4.79 Å². The molecular weight excluding hydrogens is 232 g/mol. The number of rotatable bonds is 8. The van der Waals surface area contributed by atoms with Crippen LogP contribution in [0.1, 0.15) is 50.7 Å². The second-order valence-electron chi connectivity index (χ2n) is 4.71. The first-order valence-electron chi connectivity index (χ1n) is 7.23. The second kappa shape index (κ2) is 9.32. The second-order valence-corrected chi connectivity index (χ2v) is 4.71. The summed E-state index contributed by atoms with van der Waals surface area (Å²) < 4.78 is 0. The Balaban J connectivity index is 2.71. The van der Waals surface area contributed by atoms with Gasteiger partial charge in [-0.15, -0.1) is 0 Å². The van der Waals surface area contributed by atoms with Crippen LogP contribution < -0.4 is 0 Å². The van der Waals surface area contributed by atoms with E-state index in [0.717, 1.165) is 30.3 Å². The van der Waals surface area contributed by atoms with Gasteiger partial charge >= 0.3 is 0 Å².